The lowest BCUT2D eigenvalue weighted by atomic mass is 9.40. The van der Waals surface area contributed by atoms with Crippen LogP contribution in [-0.2, 0) is 4.79 Å². The first-order valence-electron chi connectivity index (χ1n) is 10.2. The highest BCUT2D eigenvalue weighted by atomic mass is 16.4. The standard InChI is InChI=1S/C21H40O2.H3N/c1-5-9-13-20(14-10-6-2)17-21(15-11-7-3,16-12-8-4)18(20)19(22)23;/h18H,5-17H2,1-4H3,(H,22,23);1H3. The minimum atomic E-state index is -0.754. The molecular formula is C21H43NO2. The van der Waals surface area contributed by atoms with Crippen molar-refractivity contribution in [3.05, 3.63) is 0 Å². The van der Waals surface area contributed by atoms with E-state index in [0.29, 0.717) is 0 Å². The summed E-state index contributed by atoms with van der Waals surface area (Å²) in [6.07, 6.45) is 14.7. The second kappa shape index (κ2) is 11.1. The summed E-state index contributed by atoms with van der Waals surface area (Å²) in [5, 5.41) is 12.2. The van der Waals surface area contributed by atoms with E-state index < -0.39 is 5.97 Å². The number of rotatable bonds is 13. The van der Waals surface area contributed by atoms with E-state index in [2.05, 4.69) is 27.7 Å². The maximum atomic E-state index is 12.2. The van der Waals surface area contributed by atoms with Gasteiger partial charge in [-0.1, -0.05) is 79.1 Å². The summed E-state index contributed by atoms with van der Waals surface area (Å²) in [5.74, 6) is -0.957. The zero-order chi connectivity index (χ0) is 17.3. The molecule has 0 saturated heterocycles. The molecule has 1 rings (SSSR count). The van der Waals surface area contributed by atoms with Crippen molar-refractivity contribution in [3.63, 3.8) is 0 Å². The SMILES string of the molecule is CCCCC1(CCCC)CC(CCCC)(CCCC)C1C(=O)[O-].[NH4+]. The van der Waals surface area contributed by atoms with Crippen molar-refractivity contribution in [3.8, 4) is 0 Å². The monoisotopic (exact) mass is 341 g/mol. The molecule has 0 aliphatic heterocycles. The maximum absolute atomic E-state index is 12.2. The molecule has 0 unspecified atom stereocenters. The third-order valence-corrected chi connectivity index (χ3v) is 6.28. The van der Waals surface area contributed by atoms with Crippen LogP contribution < -0.4 is 11.3 Å². The van der Waals surface area contributed by atoms with Crippen molar-refractivity contribution in [1.82, 2.24) is 6.15 Å². The fraction of sp³-hybridized carbons (Fsp3) is 0.952. The third kappa shape index (κ3) is 5.21. The van der Waals surface area contributed by atoms with Crippen molar-refractivity contribution >= 4 is 5.97 Å². The van der Waals surface area contributed by atoms with Gasteiger partial charge in [0.05, 0.1) is 0 Å². The molecular weight excluding hydrogens is 298 g/mol. The minimum Gasteiger partial charge on any atom is -0.550 e. The molecule has 0 radical (unpaired) electrons. The average Bonchev–Trinajstić information content (AvgIpc) is 2.51. The smallest absolute Gasteiger partial charge is 0.0456 e. The van der Waals surface area contributed by atoms with Crippen molar-refractivity contribution in [2.75, 3.05) is 0 Å². The van der Waals surface area contributed by atoms with Crippen LogP contribution in [0, 0.1) is 16.7 Å². The van der Waals surface area contributed by atoms with Crippen LogP contribution in [0.2, 0.25) is 0 Å². The predicted molar refractivity (Wildman–Crippen MR) is 102 cm³/mol. The summed E-state index contributed by atoms with van der Waals surface area (Å²) >= 11 is 0. The van der Waals surface area contributed by atoms with Gasteiger partial charge >= 0.3 is 0 Å². The lowest BCUT2D eigenvalue weighted by Crippen LogP contribution is -2.62. The molecule has 1 aliphatic carbocycles. The van der Waals surface area contributed by atoms with E-state index in [1.165, 1.54) is 0 Å². The second-order valence-electron chi connectivity index (χ2n) is 8.07. The van der Waals surface area contributed by atoms with Gasteiger partial charge in [-0.05, 0) is 42.9 Å². The molecule has 3 nitrogen and oxygen atoms in total. The maximum Gasteiger partial charge on any atom is 0.0456 e. The van der Waals surface area contributed by atoms with E-state index >= 15 is 0 Å². The van der Waals surface area contributed by atoms with Gasteiger partial charge in [0.25, 0.3) is 0 Å². The first kappa shape index (κ1) is 23.4. The van der Waals surface area contributed by atoms with Crippen molar-refractivity contribution in [2.24, 2.45) is 16.7 Å². The lowest BCUT2D eigenvalue weighted by Gasteiger charge is -2.65. The molecule has 0 heterocycles. The van der Waals surface area contributed by atoms with Gasteiger partial charge in [0.2, 0.25) is 0 Å². The highest BCUT2D eigenvalue weighted by Crippen LogP contribution is 2.67. The quantitative estimate of drug-likeness (QED) is 0.455. The van der Waals surface area contributed by atoms with E-state index in [1.807, 2.05) is 0 Å². The van der Waals surface area contributed by atoms with Gasteiger partial charge in [-0.15, -0.1) is 0 Å². The molecule has 0 spiro atoms. The first-order chi connectivity index (χ1) is 11.0. The van der Waals surface area contributed by atoms with Crippen LogP contribution >= 0.6 is 0 Å². The van der Waals surface area contributed by atoms with Crippen molar-refractivity contribution < 1.29 is 9.90 Å². The van der Waals surface area contributed by atoms with Gasteiger partial charge < -0.3 is 16.1 Å². The molecule has 0 aromatic heterocycles. The third-order valence-electron chi connectivity index (χ3n) is 6.28. The lowest BCUT2D eigenvalue weighted by molar-refractivity contribution is -0.334. The number of hydrogen-bond donors (Lipinski definition) is 1. The summed E-state index contributed by atoms with van der Waals surface area (Å²) in [6.45, 7) is 8.84. The van der Waals surface area contributed by atoms with Crippen LogP contribution in [0.5, 0.6) is 0 Å². The largest absolute Gasteiger partial charge is 0.550 e. The van der Waals surface area contributed by atoms with E-state index in [9.17, 15) is 9.90 Å². The Morgan fingerprint density at radius 3 is 1.29 bits per heavy atom. The first-order valence-corrected chi connectivity index (χ1v) is 10.2. The topological polar surface area (TPSA) is 76.6 Å². The summed E-state index contributed by atoms with van der Waals surface area (Å²) < 4.78 is 0. The number of aliphatic carboxylic acids is 1. The van der Waals surface area contributed by atoms with Crippen LogP contribution in [-0.4, -0.2) is 5.97 Å². The number of carbonyl (C=O) groups is 1. The fourth-order valence-electron chi connectivity index (χ4n) is 5.22. The molecule has 0 atom stereocenters. The zero-order valence-electron chi connectivity index (χ0n) is 17.1. The molecule has 1 aliphatic rings. The molecule has 0 amide bonds. The van der Waals surface area contributed by atoms with Crippen LogP contribution in [0.25, 0.3) is 0 Å². The fourth-order valence-corrected chi connectivity index (χ4v) is 5.22. The summed E-state index contributed by atoms with van der Waals surface area (Å²) in [7, 11) is 0. The van der Waals surface area contributed by atoms with Gasteiger partial charge in [0.1, 0.15) is 0 Å². The number of quaternary nitrogens is 1. The van der Waals surface area contributed by atoms with Crippen LogP contribution in [0.3, 0.4) is 0 Å². The molecule has 144 valence electrons. The van der Waals surface area contributed by atoms with Crippen LogP contribution in [0.4, 0.5) is 0 Å². The van der Waals surface area contributed by atoms with Gasteiger partial charge in [-0.2, -0.15) is 0 Å². The normalized spacial score (nSPS) is 18.7. The van der Waals surface area contributed by atoms with Crippen LogP contribution in [0.1, 0.15) is 111 Å². The molecule has 3 heteroatoms. The second-order valence-corrected chi connectivity index (χ2v) is 8.07. The minimum absolute atomic E-state index is 0. The Bertz CT molecular complexity index is 312. The summed E-state index contributed by atoms with van der Waals surface area (Å²) in [6, 6.07) is 0. The highest BCUT2D eigenvalue weighted by molar-refractivity contribution is 5.72. The Labute approximate surface area is 150 Å². The van der Waals surface area contributed by atoms with Crippen LogP contribution in [0.15, 0.2) is 0 Å². The Hall–Kier alpha value is -0.570. The molecule has 4 N–H and O–H groups in total. The number of hydrogen-bond acceptors (Lipinski definition) is 2. The van der Waals surface area contributed by atoms with E-state index in [0.717, 1.165) is 83.5 Å². The predicted octanol–water partition coefficient (Wildman–Crippen LogP) is 5.87. The van der Waals surface area contributed by atoms with Crippen molar-refractivity contribution in [1.29, 1.82) is 0 Å². The number of carbonyl (C=O) groups excluding carboxylic acids is 1. The summed E-state index contributed by atoms with van der Waals surface area (Å²) in [5.41, 5.74) is 0.0681. The Kier molecular flexibility index (Phi) is 10.9. The number of carboxylic acid groups (broad SMARTS) is 1. The number of carboxylic acids is 1. The van der Waals surface area contributed by atoms with E-state index in [4.69, 9.17) is 0 Å². The average molecular weight is 342 g/mol. The molecule has 0 aromatic rings. The Balaban J connectivity index is 0.00000529. The highest BCUT2D eigenvalue weighted by Gasteiger charge is 2.61. The van der Waals surface area contributed by atoms with E-state index in [-0.39, 0.29) is 22.9 Å². The van der Waals surface area contributed by atoms with Crippen molar-refractivity contribution in [2.45, 2.75) is 111 Å². The Morgan fingerprint density at radius 2 is 1.08 bits per heavy atom. The number of unbranched alkanes of at least 4 members (excludes halogenated alkanes) is 4. The zero-order valence-corrected chi connectivity index (χ0v) is 17.1. The molecule has 24 heavy (non-hydrogen) atoms. The molecule has 0 aromatic carbocycles. The van der Waals surface area contributed by atoms with Gasteiger partial charge in [-0.3, -0.25) is 0 Å². The molecule has 1 fully saturated rings. The molecule has 0 bridgehead atoms. The van der Waals surface area contributed by atoms with Gasteiger partial charge in [0.15, 0.2) is 0 Å². The van der Waals surface area contributed by atoms with Gasteiger partial charge in [-0.25, -0.2) is 0 Å². The Morgan fingerprint density at radius 1 is 0.792 bits per heavy atom. The van der Waals surface area contributed by atoms with Gasteiger partial charge in [0, 0.05) is 11.9 Å². The summed E-state index contributed by atoms with van der Waals surface area (Å²) in [4.78, 5) is 12.2. The molecule has 1 saturated carbocycles. The van der Waals surface area contributed by atoms with E-state index in [1.54, 1.807) is 0 Å².